The number of ether oxygens (including phenoxy) is 1. The molecule has 1 heterocycles. The molecule has 0 aliphatic carbocycles. The molecule has 7 heteroatoms. The summed E-state index contributed by atoms with van der Waals surface area (Å²) in [5.41, 5.74) is 6.61. The fourth-order valence-corrected chi connectivity index (χ4v) is 3.34. The average molecular weight is 412 g/mol. The lowest BCUT2D eigenvalue weighted by molar-refractivity contribution is -0.139. The molecule has 0 unspecified atom stereocenters. The van der Waals surface area contributed by atoms with Gasteiger partial charge in [-0.2, -0.15) is 0 Å². The van der Waals surface area contributed by atoms with Crippen LogP contribution in [0.25, 0.3) is 0 Å². The van der Waals surface area contributed by atoms with Crippen molar-refractivity contribution in [3.63, 3.8) is 0 Å². The van der Waals surface area contributed by atoms with Crippen LogP contribution in [-0.2, 0) is 16.0 Å². The maximum Gasteiger partial charge on any atom is 0.223 e. The van der Waals surface area contributed by atoms with Crippen LogP contribution in [0, 0.1) is 0 Å². The number of piperazine rings is 1. The van der Waals surface area contributed by atoms with Crippen LogP contribution in [0.3, 0.4) is 0 Å². The van der Waals surface area contributed by atoms with Gasteiger partial charge < -0.3 is 20.3 Å². The van der Waals surface area contributed by atoms with Crippen LogP contribution < -0.4 is 10.5 Å². The second kappa shape index (κ2) is 13.4. The highest BCUT2D eigenvalue weighted by Crippen LogP contribution is 2.14. The second-order valence-electron chi connectivity index (χ2n) is 7.06. The molecule has 1 aromatic carbocycles. The maximum absolute atomic E-state index is 12.4. The van der Waals surface area contributed by atoms with Gasteiger partial charge in [0.1, 0.15) is 5.75 Å². The molecule has 1 aliphatic heterocycles. The molecule has 2 rings (SSSR count). The summed E-state index contributed by atoms with van der Waals surface area (Å²) in [6.07, 6.45) is 5.96. The molecule has 158 valence electrons. The summed E-state index contributed by atoms with van der Waals surface area (Å²) in [4.78, 5) is 28.5. The topological polar surface area (TPSA) is 75.9 Å². The first kappa shape index (κ1) is 24.2. The molecule has 0 atom stereocenters. The number of nitrogens with two attached hydrogens (primary N) is 1. The Morgan fingerprint density at radius 1 is 0.893 bits per heavy atom. The Morgan fingerprint density at radius 2 is 1.43 bits per heavy atom. The van der Waals surface area contributed by atoms with E-state index in [9.17, 15) is 9.59 Å². The molecule has 2 N–H and O–H groups in total. The Kier molecular flexibility index (Phi) is 11.6. The summed E-state index contributed by atoms with van der Waals surface area (Å²) >= 11 is 0. The van der Waals surface area contributed by atoms with E-state index in [-0.39, 0.29) is 24.2 Å². The Morgan fingerprint density at radius 3 is 1.96 bits per heavy atom. The van der Waals surface area contributed by atoms with Crippen molar-refractivity contribution in [1.29, 1.82) is 0 Å². The number of rotatable bonds is 10. The van der Waals surface area contributed by atoms with E-state index < -0.39 is 0 Å². The highest BCUT2D eigenvalue weighted by molar-refractivity contribution is 5.85. The highest BCUT2D eigenvalue weighted by atomic mass is 35.5. The van der Waals surface area contributed by atoms with Crippen LogP contribution in [0.2, 0.25) is 0 Å². The molecule has 0 saturated carbocycles. The summed E-state index contributed by atoms with van der Waals surface area (Å²) < 4.78 is 5.15. The molecule has 1 aromatic rings. The van der Waals surface area contributed by atoms with Gasteiger partial charge in [0.25, 0.3) is 0 Å². The number of carbonyl (C=O) groups excluding carboxylic acids is 2. The van der Waals surface area contributed by atoms with Crippen LogP contribution in [0.1, 0.15) is 44.1 Å². The molecule has 0 aromatic heterocycles. The third kappa shape index (κ3) is 8.07. The first-order valence-corrected chi connectivity index (χ1v) is 10.0. The predicted octanol–water partition coefficient (Wildman–Crippen LogP) is 2.63. The molecular weight excluding hydrogens is 378 g/mol. The number of halogens is 1. The zero-order valence-electron chi connectivity index (χ0n) is 16.9. The number of carbonyl (C=O) groups is 2. The molecule has 1 aliphatic rings. The van der Waals surface area contributed by atoms with Crippen molar-refractivity contribution in [3.8, 4) is 5.75 Å². The minimum absolute atomic E-state index is 0. The molecule has 1 fully saturated rings. The Labute approximate surface area is 174 Å². The van der Waals surface area contributed by atoms with Crippen molar-refractivity contribution >= 4 is 24.2 Å². The second-order valence-corrected chi connectivity index (χ2v) is 7.06. The van der Waals surface area contributed by atoms with E-state index in [1.807, 2.05) is 34.1 Å². The van der Waals surface area contributed by atoms with E-state index in [1.165, 1.54) is 0 Å². The normalized spacial score (nSPS) is 13.8. The van der Waals surface area contributed by atoms with E-state index in [2.05, 4.69) is 0 Å². The number of aryl methyl sites for hydroxylation is 1. The number of hydrogen-bond acceptors (Lipinski definition) is 4. The quantitative estimate of drug-likeness (QED) is 0.600. The SMILES string of the molecule is COc1ccc(CCC(=O)N2CCN(C(=O)CCCCCCN)CC2)cc1.Cl. The van der Waals surface area contributed by atoms with Crippen LogP contribution in [0.4, 0.5) is 0 Å². The molecule has 2 amide bonds. The maximum atomic E-state index is 12.4. The third-order valence-corrected chi connectivity index (χ3v) is 5.12. The number of unbranched alkanes of at least 4 members (excludes halogenated alkanes) is 3. The lowest BCUT2D eigenvalue weighted by atomic mass is 10.1. The zero-order chi connectivity index (χ0) is 19.5. The van der Waals surface area contributed by atoms with Crippen molar-refractivity contribution in [3.05, 3.63) is 29.8 Å². The fraction of sp³-hybridized carbons (Fsp3) is 0.619. The van der Waals surface area contributed by atoms with Gasteiger partial charge in [-0.25, -0.2) is 0 Å². The van der Waals surface area contributed by atoms with Gasteiger partial charge in [-0.15, -0.1) is 12.4 Å². The van der Waals surface area contributed by atoms with E-state index in [0.717, 1.165) is 50.0 Å². The van der Waals surface area contributed by atoms with E-state index in [0.29, 0.717) is 39.0 Å². The van der Waals surface area contributed by atoms with Crippen LogP contribution in [0.15, 0.2) is 24.3 Å². The first-order valence-electron chi connectivity index (χ1n) is 10.0. The number of hydrogen-bond donors (Lipinski definition) is 1. The minimum atomic E-state index is 0. The number of methoxy groups -OCH3 is 1. The molecule has 0 radical (unpaired) electrons. The lowest BCUT2D eigenvalue weighted by Gasteiger charge is -2.35. The molecule has 0 spiro atoms. The zero-order valence-corrected chi connectivity index (χ0v) is 17.7. The average Bonchev–Trinajstić information content (AvgIpc) is 2.72. The van der Waals surface area contributed by atoms with Gasteiger partial charge in [0.05, 0.1) is 7.11 Å². The van der Waals surface area contributed by atoms with E-state index in [1.54, 1.807) is 7.11 Å². The molecule has 28 heavy (non-hydrogen) atoms. The molecule has 6 nitrogen and oxygen atoms in total. The van der Waals surface area contributed by atoms with E-state index >= 15 is 0 Å². The largest absolute Gasteiger partial charge is 0.497 e. The van der Waals surface area contributed by atoms with Crippen molar-refractivity contribution in [2.45, 2.75) is 44.9 Å². The number of nitrogens with zero attached hydrogens (tertiary/aromatic N) is 2. The highest BCUT2D eigenvalue weighted by Gasteiger charge is 2.23. The van der Waals surface area contributed by atoms with Crippen molar-refractivity contribution in [2.24, 2.45) is 5.73 Å². The predicted molar refractivity (Wildman–Crippen MR) is 114 cm³/mol. The van der Waals surface area contributed by atoms with Gasteiger partial charge in [0.15, 0.2) is 0 Å². The van der Waals surface area contributed by atoms with Gasteiger partial charge in [-0.05, 0) is 43.5 Å². The Balaban J connectivity index is 0.00000392. The van der Waals surface area contributed by atoms with Crippen molar-refractivity contribution < 1.29 is 14.3 Å². The number of amides is 2. The monoisotopic (exact) mass is 411 g/mol. The smallest absolute Gasteiger partial charge is 0.223 e. The number of benzene rings is 1. The van der Waals surface area contributed by atoms with Crippen LogP contribution >= 0.6 is 12.4 Å². The van der Waals surface area contributed by atoms with Gasteiger partial charge in [-0.1, -0.05) is 25.0 Å². The van der Waals surface area contributed by atoms with Gasteiger partial charge >= 0.3 is 0 Å². The lowest BCUT2D eigenvalue weighted by Crippen LogP contribution is -2.50. The molecule has 0 bridgehead atoms. The van der Waals surface area contributed by atoms with Gasteiger partial charge in [0.2, 0.25) is 11.8 Å². The molecular formula is C21H34ClN3O3. The fourth-order valence-electron chi connectivity index (χ4n) is 3.34. The Bertz CT molecular complexity index is 587. The summed E-state index contributed by atoms with van der Waals surface area (Å²) in [5.74, 6) is 1.21. The van der Waals surface area contributed by atoms with Gasteiger partial charge in [0, 0.05) is 39.0 Å². The Hall–Kier alpha value is -1.79. The summed E-state index contributed by atoms with van der Waals surface area (Å²) in [6.45, 7) is 3.30. The first-order chi connectivity index (χ1) is 13.1. The van der Waals surface area contributed by atoms with E-state index in [4.69, 9.17) is 10.5 Å². The summed E-state index contributed by atoms with van der Waals surface area (Å²) in [6, 6.07) is 7.83. The summed E-state index contributed by atoms with van der Waals surface area (Å²) in [5, 5.41) is 0. The van der Waals surface area contributed by atoms with Crippen LogP contribution in [-0.4, -0.2) is 61.4 Å². The summed E-state index contributed by atoms with van der Waals surface area (Å²) in [7, 11) is 1.64. The minimum Gasteiger partial charge on any atom is -0.497 e. The molecule has 1 saturated heterocycles. The van der Waals surface area contributed by atoms with Crippen molar-refractivity contribution in [2.75, 3.05) is 39.8 Å². The van der Waals surface area contributed by atoms with Gasteiger partial charge in [-0.3, -0.25) is 9.59 Å². The third-order valence-electron chi connectivity index (χ3n) is 5.12. The standard InChI is InChI=1S/C21H33N3O3.ClH/c1-27-19-10-7-18(8-11-19)9-12-21(26)24-16-14-23(15-17-24)20(25)6-4-2-3-5-13-22;/h7-8,10-11H,2-6,9,12-17,22H2,1H3;1H. The van der Waals surface area contributed by atoms with Crippen LogP contribution in [0.5, 0.6) is 5.75 Å². The van der Waals surface area contributed by atoms with Crippen molar-refractivity contribution in [1.82, 2.24) is 9.80 Å².